The Bertz CT molecular complexity index is 328. The van der Waals surface area contributed by atoms with Gasteiger partial charge in [-0.1, -0.05) is 13.5 Å². The number of hydrogen-bond acceptors (Lipinski definition) is 3. The minimum Gasteiger partial charge on any atom is -0.485 e. The smallest absolute Gasteiger partial charge is 0.179 e. The van der Waals surface area contributed by atoms with Gasteiger partial charge < -0.3 is 9.47 Å². The molecule has 2 heterocycles. The van der Waals surface area contributed by atoms with Gasteiger partial charge in [0.2, 0.25) is 0 Å². The minimum absolute atomic E-state index is 0.647. The molecule has 0 bridgehead atoms. The van der Waals surface area contributed by atoms with E-state index < -0.39 is 0 Å². The lowest BCUT2D eigenvalue weighted by atomic mass is 10.2. The largest absolute Gasteiger partial charge is 0.485 e. The molecule has 0 spiro atoms. The molecule has 0 saturated heterocycles. The Kier molecular flexibility index (Phi) is 2.27. The van der Waals surface area contributed by atoms with Crippen LogP contribution in [0.15, 0.2) is 12.0 Å². The average molecular weight is 196 g/mol. The van der Waals surface area contributed by atoms with Crippen molar-refractivity contribution in [3.05, 3.63) is 16.8 Å². The third-order valence-electron chi connectivity index (χ3n) is 2.05. The fourth-order valence-electron chi connectivity index (χ4n) is 1.27. The van der Waals surface area contributed by atoms with Crippen LogP contribution in [-0.2, 0) is 0 Å². The van der Waals surface area contributed by atoms with E-state index in [-0.39, 0.29) is 0 Å². The van der Waals surface area contributed by atoms with Crippen LogP contribution in [0.4, 0.5) is 0 Å². The number of allylic oxidation sites excluding steroid dienone is 1. The molecule has 0 saturated carbocycles. The van der Waals surface area contributed by atoms with E-state index in [2.05, 4.69) is 13.5 Å². The van der Waals surface area contributed by atoms with Crippen molar-refractivity contribution >= 4 is 16.9 Å². The molecular formula is C10H12O2S. The van der Waals surface area contributed by atoms with Gasteiger partial charge in [0.05, 0.1) is 4.88 Å². The van der Waals surface area contributed by atoms with Crippen molar-refractivity contribution in [1.82, 2.24) is 0 Å². The summed E-state index contributed by atoms with van der Waals surface area (Å²) < 4.78 is 11.0. The van der Waals surface area contributed by atoms with Gasteiger partial charge in [0.1, 0.15) is 13.2 Å². The Morgan fingerprint density at radius 2 is 2.31 bits per heavy atom. The van der Waals surface area contributed by atoms with E-state index in [0.29, 0.717) is 13.2 Å². The molecule has 0 aromatic carbocycles. The molecule has 0 radical (unpaired) electrons. The summed E-state index contributed by atoms with van der Waals surface area (Å²) in [4.78, 5) is 1.14. The van der Waals surface area contributed by atoms with Crippen molar-refractivity contribution in [3.63, 3.8) is 0 Å². The van der Waals surface area contributed by atoms with Crippen molar-refractivity contribution < 1.29 is 9.47 Å². The zero-order valence-electron chi connectivity index (χ0n) is 7.63. The summed E-state index contributed by atoms with van der Waals surface area (Å²) in [6.07, 6.45) is 0.955. The second-order valence-electron chi connectivity index (χ2n) is 2.91. The topological polar surface area (TPSA) is 18.5 Å². The zero-order valence-corrected chi connectivity index (χ0v) is 8.45. The molecule has 2 rings (SSSR count). The summed E-state index contributed by atoms with van der Waals surface area (Å²) in [6, 6.07) is 0. The lowest BCUT2D eigenvalue weighted by Crippen LogP contribution is -2.14. The van der Waals surface area contributed by atoms with E-state index in [1.807, 2.05) is 5.38 Å². The fourth-order valence-corrected chi connectivity index (χ4v) is 2.24. The maximum absolute atomic E-state index is 5.54. The van der Waals surface area contributed by atoms with Gasteiger partial charge in [0.25, 0.3) is 0 Å². The molecule has 70 valence electrons. The van der Waals surface area contributed by atoms with Gasteiger partial charge in [-0.15, -0.1) is 11.3 Å². The highest BCUT2D eigenvalue weighted by atomic mass is 32.1. The van der Waals surface area contributed by atoms with Gasteiger partial charge >= 0.3 is 0 Å². The molecule has 1 aromatic heterocycles. The SMILES string of the molecule is C=C(CC)c1scc2c1OCCO2. The van der Waals surface area contributed by atoms with Gasteiger partial charge in [0.15, 0.2) is 11.5 Å². The van der Waals surface area contributed by atoms with Crippen LogP contribution in [0.5, 0.6) is 11.5 Å². The summed E-state index contributed by atoms with van der Waals surface area (Å²) in [7, 11) is 0. The second kappa shape index (κ2) is 3.42. The normalized spacial score (nSPS) is 14.2. The van der Waals surface area contributed by atoms with Crippen molar-refractivity contribution in [2.45, 2.75) is 13.3 Å². The highest BCUT2D eigenvalue weighted by Gasteiger charge is 2.19. The average Bonchev–Trinajstić information content (AvgIpc) is 2.60. The first kappa shape index (κ1) is 8.63. The van der Waals surface area contributed by atoms with Crippen LogP contribution in [0, 0.1) is 0 Å². The van der Waals surface area contributed by atoms with Crippen LogP contribution < -0.4 is 9.47 Å². The van der Waals surface area contributed by atoms with Crippen LogP contribution in [0.25, 0.3) is 5.57 Å². The molecule has 1 aromatic rings. The van der Waals surface area contributed by atoms with Crippen LogP contribution in [0.3, 0.4) is 0 Å². The molecule has 0 atom stereocenters. The lowest BCUT2D eigenvalue weighted by molar-refractivity contribution is 0.173. The standard InChI is InChI=1S/C10H12O2S/c1-3-7(2)10-9-8(6-13-10)11-4-5-12-9/h6H,2-5H2,1H3. The lowest BCUT2D eigenvalue weighted by Gasteiger charge is -2.16. The highest BCUT2D eigenvalue weighted by molar-refractivity contribution is 7.11. The van der Waals surface area contributed by atoms with Gasteiger partial charge in [-0.3, -0.25) is 0 Å². The first-order valence-corrected chi connectivity index (χ1v) is 5.26. The van der Waals surface area contributed by atoms with Crippen molar-refractivity contribution in [2.24, 2.45) is 0 Å². The van der Waals surface area contributed by atoms with Gasteiger partial charge in [-0.2, -0.15) is 0 Å². The maximum atomic E-state index is 5.54. The summed E-state index contributed by atoms with van der Waals surface area (Å²) in [5.41, 5.74) is 1.12. The first-order chi connectivity index (χ1) is 6.33. The third-order valence-corrected chi connectivity index (χ3v) is 3.09. The molecule has 13 heavy (non-hydrogen) atoms. The molecular weight excluding hydrogens is 184 g/mol. The molecule has 1 aliphatic heterocycles. The van der Waals surface area contributed by atoms with Gasteiger partial charge in [-0.25, -0.2) is 0 Å². The van der Waals surface area contributed by atoms with Crippen molar-refractivity contribution in [3.8, 4) is 11.5 Å². The van der Waals surface area contributed by atoms with Gasteiger partial charge in [-0.05, 0) is 12.0 Å². The van der Waals surface area contributed by atoms with Crippen LogP contribution in [0.1, 0.15) is 18.2 Å². The van der Waals surface area contributed by atoms with Gasteiger partial charge in [0, 0.05) is 5.38 Å². The minimum atomic E-state index is 0.647. The Labute approximate surface area is 81.8 Å². The number of fused-ring (bicyclic) bond motifs is 1. The quantitative estimate of drug-likeness (QED) is 0.724. The summed E-state index contributed by atoms with van der Waals surface area (Å²) >= 11 is 1.65. The summed E-state index contributed by atoms with van der Waals surface area (Å²) in [6.45, 7) is 7.40. The first-order valence-electron chi connectivity index (χ1n) is 4.38. The molecule has 0 unspecified atom stereocenters. The molecule has 0 fully saturated rings. The molecule has 2 nitrogen and oxygen atoms in total. The van der Waals surface area contributed by atoms with E-state index in [4.69, 9.17) is 9.47 Å². The highest BCUT2D eigenvalue weighted by Crippen LogP contribution is 2.43. The Balaban J connectivity index is 2.36. The Morgan fingerprint density at radius 1 is 1.54 bits per heavy atom. The van der Waals surface area contributed by atoms with Crippen LogP contribution in [0.2, 0.25) is 0 Å². The van der Waals surface area contributed by atoms with Crippen LogP contribution in [-0.4, -0.2) is 13.2 Å². The molecule has 0 amide bonds. The van der Waals surface area contributed by atoms with Crippen molar-refractivity contribution in [2.75, 3.05) is 13.2 Å². The molecule has 3 heteroatoms. The zero-order chi connectivity index (χ0) is 9.26. The third kappa shape index (κ3) is 1.44. The Morgan fingerprint density at radius 3 is 3.08 bits per heavy atom. The Hall–Kier alpha value is -0.960. The van der Waals surface area contributed by atoms with E-state index in [1.54, 1.807) is 11.3 Å². The maximum Gasteiger partial charge on any atom is 0.179 e. The number of rotatable bonds is 2. The summed E-state index contributed by atoms with van der Waals surface area (Å²) in [5.74, 6) is 1.77. The van der Waals surface area contributed by atoms with Crippen LogP contribution >= 0.6 is 11.3 Å². The number of thiophene rings is 1. The predicted octanol–water partition coefficient (Wildman–Crippen LogP) is 2.94. The van der Waals surface area contributed by atoms with E-state index >= 15 is 0 Å². The number of hydrogen-bond donors (Lipinski definition) is 0. The van der Waals surface area contributed by atoms with E-state index in [9.17, 15) is 0 Å². The van der Waals surface area contributed by atoms with E-state index in [1.165, 1.54) is 0 Å². The monoisotopic (exact) mass is 196 g/mol. The van der Waals surface area contributed by atoms with E-state index in [0.717, 1.165) is 28.4 Å². The molecule has 1 aliphatic rings. The predicted molar refractivity (Wildman–Crippen MR) is 54.6 cm³/mol. The van der Waals surface area contributed by atoms with Crippen molar-refractivity contribution in [1.29, 1.82) is 0 Å². The second-order valence-corrected chi connectivity index (χ2v) is 3.79. The number of ether oxygens (including phenoxy) is 2. The fraction of sp³-hybridized carbons (Fsp3) is 0.400. The molecule has 0 N–H and O–H groups in total. The summed E-state index contributed by atoms with van der Waals surface area (Å²) in [5, 5.41) is 1.99. The molecule has 0 aliphatic carbocycles.